The molecule has 0 bridgehead atoms. The number of ether oxygens (including phenoxy) is 3. The number of methoxy groups -OCH3 is 2. The number of benzene rings is 2. The summed E-state index contributed by atoms with van der Waals surface area (Å²) >= 11 is 0. The number of carbonyl (C=O) groups is 2. The first-order valence-corrected chi connectivity index (χ1v) is 9.65. The van der Waals surface area contributed by atoms with E-state index in [2.05, 4.69) is 16.0 Å². The van der Waals surface area contributed by atoms with Crippen molar-refractivity contribution in [1.29, 1.82) is 0 Å². The molecule has 0 aromatic heterocycles. The SMILES string of the molecule is CCOc1cc([C@H]2NC(=O)NC(C)=C2C(=O)Nc2ccc(OC)cc2OC)ccc1O. The Bertz CT molecular complexity index is 1030. The van der Waals surface area contributed by atoms with Gasteiger partial charge < -0.3 is 35.3 Å². The number of hydrogen-bond acceptors (Lipinski definition) is 6. The lowest BCUT2D eigenvalue weighted by Gasteiger charge is -2.29. The van der Waals surface area contributed by atoms with E-state index < -0.39 is 18.0 Å². The van der Waals surface area contributed by atoms with Crippen LogP contribution in [0, 0.1) is 0 Å². The van der Waals surface area contributed by atoms with Crippen molar-refractivity contribution in [3.63, 3.8) is 0 Å². The monoisotopic (exact) mass is 427 g/mol. The van der Waals surface area contributed by atoms with Gasteiger partial charge in [0.05, 0.1) is 38.1 Å². The molecule has 0 radical (unpaired) electrons. The van der Waals surface area contributed by atoms with E-state index in [9.17, 15) is 14.7 Å². The first-order valence-electron chi connectivity index (χ1n) is 9.65. The summed E-state index contributed by atoms with van der Waals surface area (Å²) in [5.41, 5.74) is 1.75. The molecule has 0 saturated heterocycles. The van der Waals surface area contributed by atoms with Gasteiger partial charge in [0, 0.05) is 11.8 Å². The molecule has 9 nitrogen and oxygen atoms in total. The molecule has 0 spiro atoms. The Hall–Kier alpha value is -3.88. The molecule has 4 N–H and O–H groups in total. The molecule has 31 heavy (non-hydrogen) atoms. The van der Waals surface area contributed by atoms with Crippen LogP contribution in [0.3, 0.4) is 0 Å². The smallest absolute Gasteiger partial charge is 0.319 e. The Kier molecular flexibility index (Phi) is 6.54. The van der Waals surface area contributed by atoms with E-state index in [0.29, 0.717) is 40.6 Å². The number of anilines is 1. The highest BCUT2D eigenvalue weighted by atomic mass is 16.5. The molecule has 164 valence electrons. The van der Waals surface area contributed by atoms with Crippen LogP contribution in [0.2, 0.25) is 0 Å². The summed E-state index contributed by atoms with van der Waals surface area (Å²) < 4.78 is 16.0. The molecule has 0 aliphatic carbocycles. The third-order valence-corrected chi connectivity index (χ3v) is 4.79. The fourth-order valence-electron chi connectivity index (χ4n) is 3.32. The molecule has 9 heteroatoms. The van der Waals surface area contributed by atoms with Crippen LogP contribution < -0.4 is 30.2 Å². The highest BCUT2D eigenvalue weighted by Gasteiger charge is 2.32. The minimum atomic E-state index is -0.752. The van der Waals surface area contributed by atoms with Crippen molar-refractivity contribution in [2.75, 3.05) is 26.1 Å². The predicted molar refractivity (Wildman–Crippen MR) is 115 cm³/mol. The highest BCUT2D eigenvalue weighted by Crippen LogP contribution is 2.35. The number of phenols is 1. The first kappa shape index (κ1) is 21.8. The van der Waals surface area contributed by atoms with Gasteiger partial charge in [-0.1, -0.05) is 6.07 Å². The molecule has 1 heterocycles. The van der Waals surface area contributed by atoms with Crippen LogP contribution in [0.25, 0.3) is 0 Å². The van der Waals surface area contributed by atoms with Crippen molar-refractivity contribution in [2.24, 2.45) is 0 Å². The van der Waals surface area contributed by atoms with Crippen LogP contribution in [-0.2, 0) is 4.79 Å². The molecule has 0 unspecified atom stereocenters. The van der Waals surface area contributed by atoms with Crippen molar-refractivity contribution < 1.29 is 28.9 Å². The van der Waals surface area contributed by atoms with Gasteiger partial charge in [-0.05, 0) is 43.7 Å². The molecule has 1 atom stereocenters. The van der Waals surface area contributed by atoms with Crippen LogP contribution in [0.4, 0.5) is 10.5 Å². The topological polar surface area (TPSA) is 118 Å². The van der Waals surface area contributed by atoms with Crippen molar-refractivity contribution in [3.8, 4) is 23.0 Å². The van der Waals surface area contributed by atoms with Crippen LogP contribution in [0.5, 0.6) is 23.0 Å². The zero-order valence-electron chi connectivity index (χ0n) is 17.7. The Balaban J connectivity index is 1.97. The van der Waals surface area contributed by atoms with E-state index in [1.165, 1.54) is 20.3 Å². The van der Waals surface area contributed by atoms with Gasteiger partial charge in [0.2, 0.25) is 0 Å². The second kappa shape index (κ2) is 9.29. The lowest BCUT2D eigenvalue weighted by atomic mass is 9.94. The summed E-state index contributed by atoms with van der Waals surface area (Å²) in [6.45, 7) is 3.80. The highest BCUT2D eigenvalue weighted by molar-refractivity contribution is 6.07. The van der Waals surface area contributed by atoms with Crippen LogP contribution in [0.1, 0.15) is 25.5 Å². The Morgan fingerprint density at radius 2 is 1.90 bits per heavy atom. The molecule has 0 saturated carbocycles. The zero-order valence-corrected chi connectivity index (χ0v) is 17.7. The summed E-state index contributed by atoms with van der Waals surface area (Å²) in [4.78, 5) is 25.4. The van der Waals surface area contributed by atoms with E-state index in [-0.39, 0.29) is 11.5 Å². The second-order valence-electron chi connectivity index (χ2n) is 6.75. The van der Waals surface area contributed by atoms with Gasteiger partial charge in [-0.2, -0.15) is 0 Å². The van der Waals surface area contributed by atoms with E-state index in [0.717, 1.165) is 0 Å². The zero-order chi connectivity index (χ0) is 22.5. The van der Waals surface area contributed by atoms with Crippen LogP contribution >= 0.6 is 0 Å². The van der Waals surface area contributed by atoms with Gasteiger partial charge in [0.15, 0.2) is 11.5 Å². The van der Waals surface area contributed by atoms with Gasteiger partial charge >= 0.3 is 6.03 Å². The molecule has 2 aromatic carbocycles. The largest absolute Gasteiger partial charge is 0.504 e. The second-order valence-corrected chi connectivity index (χ2v) is 6.75. The minimum absolute atomic E-state index is 0.0273. The lowest BCUT2D eigenvalue weighted by molar-refractivity contribution is -0.113. The molecule has 1 aliphatic heterocycles. The number of allylic oxidation sites excluding steroid dienone is 1. The fourth-order valence-corrected chi connectivity index (χ4v) is 3.32. The van der Waals surface area contributed by atoms with E-state index in [1.807, 2.05) is 0 Å². The van der Waals surface area contributed by atoms with Gasteiger partial charge in [-0.15, -0.1) is 0 Å². The molecule has 3 rings (SSSR count). The Morgan fingerprint density at radius 1 is 1.13 bits per heavy atom. The first-order chi connectivity index (χ1) is 14.9. The molecule has 1 aliphatic rings. The Labute approximate surface area is 180 Å². The maximum atomic E-state index is 13.2. The van der Waals surface area contributed by atoms with Gasteiger partial charge in [0.1, 0.15) is 11.5 Å². The van der Waals surface area contributed by atoms with Crippen molar-refractivity contribution in [1.82, 2.24) is 10.6 Å². The number of phenolic OH excluding ortho intramolecular Hbond substituents is 1. The summed E-state index contributed by atoms with van der Waals surface area (Å²) in [6, 6.07) is 8.53. The average Bonchev–Trinajstić information content (AvgIpc) is 2.75. The number of hydrogen-bond donors (Lipinski definition) is 4. The third-order valence-electron chi connectivity index (χ3n) is 4.79. The van der Waals surface area contributed by atoms with E-state index in [1.54, 1.807) is 44.2 Å². The number of rotatable bonds is 7. The molecular formula is C22H25N3O6. The van der Waals surface area contributed by atoms with Gasteiger partial charge in [-0.25, -0.2) is 4.79 Å². The summed E-state index contributed by atoms with van der Waals surface area (Å²) in [7, 11) is 3.03. The summed E-state index contributed by atoms with van der Waals surface area (Å²) in [6.07, 6.45) is 0. The van der Waals surface area contributed by atoms with E-state index >= 15 is 0 Å². The fraction of sp³-hybridized carbons (Fsp3) is 0.273. The van der Waals surface area contributed by atoms with Gasteiger partial charge in [-0.3, -0.25) is 4.79 Å². The predicted octanol–water partition coefficient (Wildman–Crippen LogP) is 3.07. The molecule has 0 fully saturated rings. The van der Waals surface area contributed by atoms with Crippen LogP contribution in [-0.4, -0.2) is 37.9 Å². The van der Waals surface area contributed by atoms with Gasteiger partial charge in [0.25, 0.3) is 5.91 Å². The number of nitrogens with one attached hydrogen (secondary N) is 3. The summed E-state index contributed by atoms with van der Waals surface area (Å²) in [5.74, 6) is 0.827. The lowest BCUT2D eigenvalue weighted by Crippen LogP contribution is -2.46. The van der Waals surface area contributed by atoms with E-state index in [4.69, 9.17) is 14.2 Å². The standard InChI is InChI=1S/C22H25N3O6/c1-5-31-18-10-13(6-9-16(18)26)20-19(12(2)23-22(28)25-20)21(27)24-15-8-7-14(29-3)11-17(15)30-4/h6-11,20,26H,5H2,1-4H3,(H,24,27)(H2,23,25,28)/t20-/m1/s1. The summed E-state index contributed by atoms with van der Waals surface area (Å²) in [5, 5.41) is 18.2. The maximum absolute atomic E-state index is 13.2. The molecular weight excluding hydrogens is 402 g/mol. The quantitative estimate of drug-likeness (QED) is 0.539. The van der Waals surface area contributed by atoms with Crippen molar-refractivity contribution in [3.05, 3.63) is 53.2 Å². The molecule has 2 aromatic rings. The number of amides is 3. The molecule has 3 amide bonds. The Morgan fingerprint density at radius 3 is 2.58 bits per heavy atom. The average molecular weight is 427 g/mol. The third kappa shape index (κ3) is 4.66. The van der Waals surface area contributed by atoms with Crippen LogP contribution in [0.15, 0.2) is 47.7 Å². The number of urea groups is 1. The normalized spacial score (nSPS) is 15.6. The number of aromatic hydroxyl groups is 1. The maximum Gasteiger partial charge on any atom is 0.319 e. The minimum Gasteiger partial charge on any atom is -0.504 e. The van der Waals surface area contributed by atoms with Crippen molar-refractivity contribution in [2.45, 2.75) is 19.9 Å². The van der Waals surface area contributed by atoms with Crippen molar-refractivity contribution >= 4 is 17.6 Å². The number of carbonyl (C=O) groups excluding carboxylic acids is 2.